The van der Waals surface area contributed by atoms with Gasteiger partial charge in [-0.05, 0) is 51.3 Å². The van der Waals surface area contributed by atoms with E-state index in [0.717, 1.165) is 61.2 Å². The van der Waals surface area contributed by atoms with Gasteiger partial charge in [0.15, 0.2) is 0 Å². The topological polar surface area (TPSA) is 51.8 Å². The number of aliphatic carboxylic acids is 1. The molecule has 4 heteroatoms. The third-order valence-electron chi connectivity index (χ3n) is 5.68. The van der Waals surface area contributed by atoms with Crippen molar-refractivity contribution in [3.05, 3.63) is 41.2 Å². The highest BCUT2D eigenvalue weighted by Gasteiger charge is 2.34. The fourth-order valence-corrected chi connectivity index (χ4v) is 4.26. The average Bonchev–Trinajstić information content (AvgIpc) is 2.62. The lowest BCUT2D eigenvalue weighted by Crippen LogP contribution is -2.24. The standard InChI is InChI=1S/C24H31NO3/c1-5-25(12-8-6-7-9-23(26)27)19-11-10-18-14-20-22(28-21(18)15-19)13-17(2)16-24(20,3)4/h10-11,13-15H,5-9,12,16H2,1-4H3/p+1. The number of fused-ring (bicyclic) bond motifs is 2. The quantitative estimate of drug-likeness (QED) is 0.432. The van der Waals surface area contributed by atoms with Crippen LogP contribution < -0.4 is 4.90 Å². The van der Waals surface area contributed by atoms with Crippen molar-refractivity contribution < 1.29 is 14.3 Å². The van der Waals surface area contributed by atoms with Crippen LogP contribution in [0.15, 0.2) is 34.3 Å². The van der Waals surface area contributed by atoms with Crippen LogP contribution in [0.3, 0.4) is 0 Å². The van der Waals surface area contributed by atoms with Crippen LogP contribution in [0.2, 0.25) is 0 Å². The Bertz CT molecular complexity index is 898. The van der Waals surface area contributed by atoms with Gasteiger partial charge in [-0.1, -0.05) is 25.8 Å². The summed E-state index contributed by atoms with van der Waals surface area (Å²) in [5, 5.41) is 9.89. The summed E-state index contributed by atoms with van der Waals surface area (Å²) < 4.78 is 6.33. The van der Waals surface area contributed by atoms with Gasteiger partial charge in [-0.3, -0.25) is 4.79 Å². The lowest BCUT2D eigenvalue weighted by Gasteiger charge is -2.27. The highest BCUT2D eigenvalue weighted by molar-refractivity contribution is 5.83. The van der Waals surface area contributed by atoms with Gasteiger partial charge in [-0.2, -0.15) is 0 Å². The molecule has 4 nitrogen and oxygen atoms in total. The molecule has 0 saturated carbocycles. The van der Waals surface area contributed by atoms with Gasteiger partial charge in [0.25, 0.3) is 0 Å². The van der Waals surface area contributed by atoms with Gasteiger partial charge in [0.05, 0.1) is 17.0 Å². The number of anilines is 1. The number of allylic oxidation sites excluding steroid dienone is 1. The van der Waals surface area contributed by atoms with Crippen LogP contribution in [-0.4, -0.2) is 24.2 Å². The Labute approximate surface area is 167 Å². The largest absolute Gasteiger partial charge is 0.481 e. The number of hydrogen-bond acceptors (Lipinski definition) is 2. The van der Waals surface area contributed by atoms with Crippen molar-refractivity contribution in [3.8, 4) is 0 Å². The van der Waals surface area contributed by atoms with Crippen LogP contribution in [0.5, 0.6) is 0 Å². The Kier molecular flexibility index (Phi) is 6.07. The summed E-state index contributed by atoms with van der Waals surface area (Å²) in [7, 11) is 0. The number of unbranched alkanes of at least 4 members (excludes halogenated alkanes) is 2. The monoisotopic (exact) mass is 382 g/mol. The van der Waals surface area contributed by atoms with Crippen LogP contribution in [0.1, 0.15) is 71.1 Å². The molecule has 2 aromatic rings. The molecule has 1 heterocycles. The molecule has 0 spiro atoms. The summed E-state index contributed by atoms with van der Waals surface area (Å²) in [5.41, 5.74) is 4.81. The Hall–Kier alpha value is -2.36. The zero-order valence-corrected chi connectivity index (χ0v) is 17.5. The molecule has 0 bridgehead atoms. The summed E-state index contributed by atoms with van der Waals surface area (Å²) in [5.74, 6) is 0.273. The fraction of sp³-hybridized carbons (Fsp3) is 0.500. The zero-order valence-electron chi connectivity index (χ0n) is 17.5. The third kappa shape index (κ3) is 4.54. The molecule has 0 fully saturated rings. The number of nitrogens with zero attached hydrogens (tertiary/aromatic N) is 1. The van der Waals surface area contributed by atoms with E-state index in [1.807, 2.05) is 0 Å². The number of carbonyl (C=O) groups is 1. The van der Waals surface area contributed by atoms with Crippen molar-refractivity contribution in [3.63, 3.8) is 0 Å². The van der Waals surface area contributed by atoms with Crippen LogP contribution in [0.25, 0.3) is 17.0 Å². The van der Waals surface area contributed by atoms with E-state index in [-0.39, 0.29) is 11.8 Å². The smallest absolute Gasteiger partial charge is 0.362 e. The molecule has 1 aliphatic rings. The molecule has 0 aliphatic heterocycles. The molecule has 1 aliphatic carbocycles. The molecule has 3 rings (SSSR count). The summed E-state index contributed by atoms with van der Waals surface area (Å²) >= 11 is 0. The van der Waals surface area contributed by atoms with E-state index < -0.39 is 5.97 Å². The van der Waals surface area contributed by atoms with E-state index in [2.05, 4.69) is 62.9 Å². The second kappa shape index (κ2) is 8.34. The summed E-state index contributed by atoms with van der Waals surface area (Å²) in [6, 6.07) is 8.74. The van der Waals surface area contributed by atoms with Gasteiger partial charge in [0.2, 0.25) is 0 Å². The predicted molar refractivity (Wildman–Crippen MR) is 116 cm³/mol. The maximum Gasteiger partial charge on any atom is 0.362 e. The van der Waals surface area contributed by atoms with Crippen molar-refractivity contribution >= 4 is 28.7 Å². The van der Waals surface area contributed by atoms with Gasteiger partial charge in [0, 0.05) is 36.7 Å². The first-order valence-corrected chi connectivity index (χ1v) is 10.4. The third-order valence-corrected chi connectivity index (χ3v) is 5.68. The van der Waals surface area contributed by atoms with Crippen LogP contribution in [0.4, 0.5) is 5.69 Å². The number of hydrogen-bond donors (Lipinski definition) is 1. The second-order valence-corrected chi connectivity index (χ2v) is 8.58. The summed E-state index contributed by atoms with van der Waals surface area (Å²) in [4.78, 5) is 13.0. The molecule has 28 heavy (non-hydrogen) atoms. The highest BCUT2D eigenvalue weighted by atomic mass is 16.4. The zero-order chi connectivity index (χ0) is 20.3. The van der Waals surface area contributed by atoms with Crippen molar-refractivity contribution in [2.24, 2.45) is 0 Å². The van der Waals surface area contributed by atoms with Crippen molar-refractivity contribution in [1.29, 1.82) is 0 Å². The highest BCUT2D eigenvalue weighted by Crippen LogP contribution is 2.40. The average molecular weight is 383 g/mol. The number of carboxylic acid groups (broad SMARTS) is 1. The van der Waals surface area contributed by atoms with Crippen LogP contribution >= 0.6 is 0 Å². The lowest BCUT2D eigenvalue weighted by atomic mass is 9.75. The predicted octanol–water partition coefficient (Wildman–Crippen LogP) is 6.27. The van der Waals surface area contributed by atoms with Crippen molar-refractivity contribution in [1.82, 2.24) is 0 Å². The Morgan fingerprint density at radius 1 is 1.21 bits per heavy atom. The molecule has 0 unspecified atom stereocenters. The van der Waals surface area contributed by atoms with E-state index in [0.29, 0.717) is 0 Å². The van der Waals surface area contributed by atoms with Crippen molar-refractivity contribution in [2.45, 2.75) is 65.2 Å². The minimum absolute atomic E-state index is 0.0932. The minimum atomic E-state index is -0.709. The Morgan fingerprint density at radius 3 is 2.71 bits per heavy atom. The van der Waals surface area contributed by atoms with E-state index in [4.69, 9.17) is 9.52 Å². The SMILES string of the molecule is CCN(CCCCCC(=O)O)c1ccc2cc3c([o+]c2c1)C=C(C)CC3(C)C. The van der Waals surface area contributed by atoms with Gasteiger partial charge >= 0.3 is 17.3 Å². The fourth-order valence-electron chi connectivity index (χ4n) is 4.26. The van der Waals surface area contributed by atoms with Crippen LogP contribution in [0, 0.1) is 0 Å². The molecule has 0 radical (unpaired) electrons. The molecule has 0 amide bonds. The van der Waals surface area contributed by atoms with Gasteiger partial charge in [-0.15, -0.1) is 0 Å². The summed E-state index contributed by atoms with van der Waals surface area (Å²) in [6.07, 6.45) is 6.17. The molecular formula is C24H32NO3+. The minimum Gasteiger partial charge on any atom is -0.481 e. The number of benzene rings is 1. The first-order valence-electron chi connectivity index (χ1n) is 10.4. The molecule has 0 saturated heterocycles. The van der Waals surface area contributed by atoms with Crippen molar-refractivity contribution in [2.75, 3.05) is 18.0 Å². The maximum absolute atomic E-state index is 10.6. The molecule has 0 atom stereocenters. The number of carboxylic acids is 1. The van der Waals surface area contributed by atoms with E-state index >= 15 is 0 Å². The molecule has 1 N–H and O–H groups in total. The van der Waals surface area contributed by atoms with E-state index in [9.17, 15) is 4.79 Å². The van der Waals surface area contributed by atoms with Gasteiger partial charge in [0.1, 0.15) is 0 Å². The number of rotatable bonds is 8. The first kappa shape index (κ1) is 20.4. The van der Waals surface area contributed by atoms with Crippen LogP contribution in [-0.2, 0) is 10.2 Å². The Morgan fingerprint density at radius 2 is 2.00 bits per heavy atom. The van der Waals surface area contributed by atoms with E-state index in [1.54, 1.807) is 0 Å². The van der Waals surface area contributed by atoms with E-state index in [1.165, 1.54) is 11.1 Å². The van der Waals surface area contributed by atoms with Gasteiger partial charge < -0.3 is 10.0 Å². The molecule has 1 aromatic heterocycles. The molecular weight excluding hydrogens is 350 g/mol. The molecule has 1 aromatic carbocycles. The molecule has 150 valence electrons. The maximum atomic E-state index is 10.6. The van der Waals surface area contributed by atoms with Gasteiger partial charge in [-0.25, -0.2) is 4.42 Å². The summed E-state index contributed by atoms with van der Waals surface area (Å²) in [6.45, 7) is 10.7. The first-order chi connectivity index (χ1) is 13.3. The second-order valence-electron chi connectivity index (χ2n) is 8.58. The Balaban J connectivity index is 1.80. The lowest BCUT2D eigenvalue weighted by molar-refractivity contribution is -0.137. The normalized spacial score (nSPS) is 15.2.